The summed E-state index contributed by atoms with van der Waals surface area (Å²) in [6, 6.07) is 0. The van der Waals surface area contributed by atoms with Crippen molar-refractivity contribution in [1.29, 1.82) is 0 Å². The number of hydrogen-bond acceptors (Lipinski definition) is 1. The second-order valence-corrected chi connectivity index (χ2v) is 15.2. The van der Waals surface area contributed by atoms with Crippen LogP contribution in [0.15, 0.2) is 0 Å². The van der Waals surface area contributed by atoms with Crippen LogP contribution in [-0.4, -0.2) is 8.24 Å². The molecule has 0 aliphatic heterocycles. The maximum atomic E-state index is 5.58. The molecule has 0 heterocycles. The van der Waals surface area contributed by atoms with Gasteiger partial charge in [0.25, 0.3) is 0 Å². The van der Waals surface area contributed by atoms with Crippen LogP contribution in [0, 0.1) is 0 Å². The van der Waals surface area contributed by atoms with Gasteiger partial charge in [0, 0.05) is 0 Å². The Morgan fingerprint density at radius 1 is 1.11 bits per heavy atom. The van der Waals surface area contributed by atoms with Gasteiger partial charge in [-0.15, -0.1) is 0 Å². The van der Waals surface area contributed by atoms with Crippen LogP contribution in [-0.2, 0) is 0 Å². The molecule has 0 fully saturated rings. The topological polar surface area (TPSA) is 12.0 Å². The van der Waals surface area contributed by atoms with Crippen molar-refractivity contribution in [2.24, 2.45) is 0 Å². The average Bonchev–Trinajstić information content (AvgIpc) is 1.14. The SMILES string of the molecule is C[Si](C)(C)N[P+](Cl)(Cl)Cl. The lowest BCUT2D eigenvalue weighted by atomic mass is 11.8. The molecule has 1 N–H and O–H groups in total. The van der Waals surface area contributed by atoms with Crippen LogP contribution < -0.4 is 4.75 Å². The molecule has 0 aromatic heterocycles. The molecule has 0 aromatic carbocycles. The third-order valence-corrected chi connectivity index (χ3v) is 6.44. The zero-order valence-corrected chi connectivity index (χ0v) is 9.74. The van der Waals surface area contributed by atoms with Crippen molar-refractivity contribution < 1.29 is 0 Å². The van der Waals surface area contributed by atoms with E-state index < -0.39 is 13.7 Å². The monoisotopic (exact) mass is 224 g/mol. The van der Waals surface area contributed by atoms with Crippen molar-refractivity contribution in [1.82, 2.24) is 4.75 Å². The van der Waals surface area contributed by atoms with Gasteiger partial charge in [-0.1, -0.05) is 19.6 Å². The fourth-order valence-corrected chi connectivity index (χ4v) is 10.3. The van der Waals surface area contributed by atoms with E-state index in [0.29, 0.717) is 0 Å². The Bertz CT molecular complexity index is 84.2. The van der Waals surface area contributed by atoms with Crippen LogP contribution in [0.5, 0.6) is 0 Å². The highest BCUT2D eigenvalue weighted by atomic mass is 36.1. The summed E-state index contributed by atoms with van der Waals surface area (Å²) >= 11 is 16.8. The summed E-state index contributed by atoms with van der Waals surface area (Å²) in [4.78, 5) is 0. The molecule has 0 unspecified atom stereocenters. The van der Waals surface area contributed by atoms with Crippen LogP contribution >= 0.6 is 39.2 Å². The Hall–Kier alpha value is 1.48. The summed E-state index contributed by atoms with van der Waals surface area (Å²) in [5.74, 6) is 0. The maximum Gasteiger partial charge on any atom is 0.369 e. The summed E-state index contributed by atoms with van der Waals surface area (Å²) in [7, 11) is -1.39. The van der Waals surface area contributed by atoms with Crippen molar-refractivity contribution in [2.75, 3.05) is 0 Å². The van der Waals surface area contributed by atoms with E-state index in [1.165, 1.54) is 0 Å². The highest BCUT2D eigenvalue weighted by Gasteiger charge is 2.38. The molecule has 0 rings (SSSR count). The first-order valence-electron chi connectivity index (χ1n) is 2.48. The normalized spacial score (nSPS) is 14.0. The van der Waals surface area contributed by atoms with Gasteiger partial charge in [-0.3, -0.25) is 0 Å². The molecule has 0 radical (unpaired) electrons. The first kappa shape index (κ1) is 10.5. The lowest BCUT2D eigenvalue weighted by Crippen LogP contribution is -2.37. The predicted octanol–water partition coefficient (Wildman–Crippen LogP) is 3.80. The van der Waals surface area contributed by atoms with Gasteiger partial charge in [0.1, 0.15) is 33.7 Å². The summed E-state index contributed by atoms with van der Waals surface area (Å²) in [6.07, 6.45) is 0. The van der Waals surface area contributed by atoms with Crippen molar-refractivity contribution >= 4 is 47.4 Å². The minimum Gasteiger partial charge on any atom is -0.175 e. The molecule has 0 saturated carbocycles. The summed E-state index contributed by atoms with van der Waals surface area (Å²) in [6.45, 7) is 6.28. The second kappa shape index (κ2) is 3.25. The molecule has 0 bridgehead atoms. The van der Waals surface area contributed by atoms with E-state index >= 15 is 0 Å². The number of halogens is 3. The standard InChI is InChI=1S/C3H10Cl3NPSi/c1-9(2,3)7-8(4,5)6/h7H,1-3H3/q+1. The van der Waals surface area contributed by atoms with E-state index in [-0.39, 0.29) is 0 Å². The van der Waals surface area contributed by atoms with E-state index in [4.69, 9.17) is 33.7 Å². The molecular formula is C3H10Cl3NPSi+. The van der Waals surface area contributed by atoms with E-state index in [1.807, 2.05) is 0 Å². The molecule has 0 spiro atoms. The molecular weight excluding hydrogens is 215 g/mol. The molecule has 0 aliphatic rings. The highest BCUT2D eigenvalue weighted by molar-refractivity contribution is 8.32. The van der Waals surface area contributed by atoms with Crippen LogP contribution in [0.3, 0.4) is 0 Å². The van der Waals surface area contributed by atoms with Gasteiger partial charge in [-0.25, -0.2) is 0 Å². The van der Waals surface area contributed by atoms with Gasteiger partial charge in [0.05, 0.1) is 0 Å². The molecule has 56 valence electrons. The Morgan fingerprint density at radius 2 is 1.44 bits per heavy atom. The first-order valence-corrected chi connectivity index (χ1v) is 10.5. The lowest BCUT2D eigenvalue weighted by Gasteiger charge is -2.14. The second-order valence-electron chi connectivity index (χ2n) is 2.81. The molecule has 0 amide bonds. The molecule has 1 nitrogen and oxygen atoms in total. The molecule has 0 saturated heterocycles. The number of hydrogen-bond donors (Lipinski definition) is 1. The number of rotatable bonds is 2. The van der Waals surface area contributed by atoms with Crippen molar-refractivity contribution in [3.05, 3.63) is 0 Å². The van der Waals surface area contributed by atoms with E-state index in [2.05, 4.69) is 24.4 Å². The van der Waals surface area contributed by atoms with Gasteiger partial charge in [0.2, 0.25) is 0 Å². The largest absolute Gasteiger partial charge is 0.369 e. The Kier molecular flexibility index (Phi) is 3.78. The fourth-order valence-electron chi connectivity index (χ4n) is 0.380. The van der Waals surface area contributed by atoms with Crippen molar-refractivity contribution in [2.45, 2.75) is 19.6 Å². The van der Waals surface area contributed by atoms with E-state index in [9.17, 15) is 0 Å². The molecule has 9 heavy (non-hydrogen) atoms. The maximum absolute atomic E-state index is 5.58. The minimum atomic E-state index is -2.31. The Morgan fingerprint density at radius 3 is 1.44 bits per heavy atom. The molecule has 0 aliphatic carbocycles. The quantitative estimate of drug-likeness (QED) is 0.557. The summed E-state index contributed by atoms with van der Waals surface area (Å²) in [5, 5.41) is 0. The predicted molar refractivity (Wildman–Crippen MR) is 51.0 cm³/mol. The molecule has 0 atom stereocenters. The van der Waals surface area contributed by atoms with Crippen molar-refractivity contribution in [3.8, 4) is 0 Å². The van der Waals surface area contributed by atoms with Crippen LogP contribution in [0.2, 0.25) is 19.6 Å². The highest BCUT2D eigenvalue weighted by Crippen LogP contribution is 2.70. The smallest absolute Gasteiger partial charge is 0.175 e. The van der Waals surface area contributed by atoms with Crippen molar-refractivity contribution in [3.63, 3.8) is 0 Å². The number of nitrogens with one attached hydrogen (secondary N) is 1. The third kappa shape index (κ3) is 9.48. The zero-order valence-electron chi connectivity index (χ0n) is 5.58. The van der Waals surface area contributed by atoms with E-state index in [1.54, 1.807) is 0 Å². The Labute approximate surface area is 71.9 Å². The van der Waals surface area contributed by atoms with Gasteiger partial charge in [0.15, 0.2) is 8.24 Å². The summed E-state index contributed by atoms with van der Waals surface area (Å²) < 4.78 is 3.00. The van der Waals surface area contributed by atoms with Crippen LogP contribution in [0.1, 0.15) is 0 Å². The van der Waals surface area contributed by atoms with Gasteiger partial charge >= 0.3 is 5.47 Å². The third-order valence-electron chi connectivity index (χ3n) is 0.462. The van der Waals surface area contributed by atoms with Crippen LogP contribution in [0.25, 0.3) is 0 Å². The average molecular weight is 226 g/mol. The van der Waals surface area contributed by atoms with Gasteiger partial charge in [-0.05, 0) is 0 Å². The Balaban J connectivity index is 3.75. The van der Waals surface area contributed by atoms with Gasteiger partial charge < -0.3 is 0 Å². The minimum absolute atomic E-state index is 1.39. The van der Waals surface area contributed by atoms with Crippen LogP contribution in [0.4, 0.5) is 0 Å². The summed E-state index contributed by atoms with van der Waals surface area (Å²) in [5.41, 5.74) is -2.31. The molecule has 6 heteroatoms. The van der Waals surface area contributed by atoms with E-state index in [0.717, 1.165) is 0 Å². The first-order chi connectivity index (χ1) is 3.71. The zero-order chi connectivity index (χ0) is 7.71. The fraction of sp³-hybridized carbons (Fsp3) is 1.00. The molecule has 0 aromatic rings. The van der Waals surface area contributed by atoms with Gasteiger partial charge in [-0.2, -0.15) is 4.75 Å². The lowest BCUT2D eigenvalue weighted by molar-refractivity contribution is 1.44.